The van der Waals surface area contributed by atoms with Crippen LogP contribution in [0.15, 0.2) is 22.6 Å². The van der Waals surface area contributed by atoms with Gasteiger partial charge in [0, 0.05) is 0 Å². The van der Waals surface area contributed by atoms with E-state index < -0.39 is 15.8 Å². The molecule has 27 heavy (non-hydrogen) atoms. The van der Waals surface area contributed by atoms with E-state index in [1.54, 1.807) is 23.7 Å². The predicted molar refractivity (Wildman–Crippen MR) is 98.4 cm³/mol. The zero-order chi connectivity index (χ0) is 19.3. The number of methoxy groups -OCH3 is 1. The van der Waals surface area contributed by atoms with Gasteiger partial charge in [-0.15, -0.1) is 0 Å². The summed E-state index contributed by atoms with van der Waals surface area (Å²) in [6.07, 6.45) is 0.470. The first-order valence-electron chi connectivity index (χ1n) is 8.54. The Morgan fingerprint density at radius 3 is 2.70 bits per heavy atom. The van der Waals surface area contributed by atoms with E-state index in [2.05, 4.69) is 10.1 Å². The van der Waals surface area contributed by atoms with Crippen LogP contribution in [0, 0.1) is 13.8 Å². The molecule has 1 fully saturated rings. The molecule has 1 aliphatic rings. The van der Waals surface area contributed by atoms with Crippen LogP contribution in [0.2, 0.25) is 0 Å². The number of rotatable bonds is 3. The maximum atomic E-state index is 12.4. The number of hydrogen-bond donors (Lipinski definition) is 0. The Hall–Kier alpha value is -2.68. The first-order valence-corrected chi connectivity index (χ1v) is 10.4. The van der Waals surface area contributed by atoms with Crippen LogP contribution in [0.5, 0.6) is 0 Å². The number of hydrogen-bond acceptors (Lipinski definition) is 7. The Balaban J connectivity index is 1.97. The van der Waals surface area contributed by atoms with Crippen LogP contribution in [-0.4, -0.2) is 47.8 Å². The minimum atomic E-state index is -3.09. The number of esters is 1. The van der Waals surface area contributed by atoms with Crippen LogP contribution in [0.4, 0.5) is 0 Å². The van der Waals surface area contributed by atoms with Crippen molar-refractivity contribution in [1.82, 2.24) is 14.8 Å². The van der Waals surface area contributed by atoms with Gasteiger partial charge in [-0.05, 0) is 38.5 Å². The largest absolute Gasteiger partial charge is 0.465 e. The fourth-order valence-corrected chi connectivity index (χ4v) is 5.20. The molecule has 1 saturated heterocycles. The average molecular weight is 389 g/mol. The molecule has 1 aliphatic heterocycles. The second kappa shape index (κ2) is 6.19. The molecule has 0 spiro atoms. The molecule has 0 bridgehead atoms. The summed E-state index contributed by atoms with van der Waals surface area (Å²) in [5, 5.41) is 5.07. The number of pyridine rings is 1. The Morgan fingerprint density at radius 2 is 2.11 bits per heavy atom. The van der Waals surface area contributed by atoms with Crippen molar-refractivity contribution in [2.24, 2.45) is 0 Å². The van der Waals surface area contributed by atoms with Gasteiger partial charge in [-0.3, -0.25) is 0 Å². The van der Waals surface area contributed by atoms with Gasteiger partial charge in [-0.2, -0.15) is 5.10 Å². The molecule has 4 heterocycles. The third kappa shape index (κ3) is 3.01. The fraction of sp³-hybridized carbons (Fsp3) is 0.389. The summed E-state index contributed by atoms with van der Waals surface area (Å²) >= 11 is 0. The Labute approximate surface area is 156 Å². The van der Waals surface area contributed by atoms with Crippen LogP contribution in [0.1, 0.15) is 34.3 Å². The fourth-order valence-electron chi connectivity index (χ4n) is 3.51. The Morgan fingerprint density at radius 1 is 1.33 bits per heavy atom. The monoisotopic (exact) mass is 389 g/mol. The summed E-state index contributed by atoms with van der Waals surface area (Å²) in [6, 6.07) is 4.90. The normalized spacial score (nSPS) is 18.9. The summed E-state index contributed by atoms with van der Waals surface area (Å²) < 4.78 is 36.0. The van der Waals surface area contributed by atoms with Gasteiger partial charge in [0.2, 0.25) is 0 Å². The number of carbonyl (C=O) groups is 1. The van der Waals surface area contributed by atoms with Crippen molar-refractivity contribution in [3.05, 3.63) is 35.2 Å². The van der Waals surface area contributed by atoms with Gasteiger partial charge in [-0.1, -0.05) is 0 Å². The lowest BCUT2D eigenvalue weighted by Gasteiger charge is -2.11. The van der Waals surface area contributed by atoms with Crippen molar-refractivity contribution < 1.29 is 22.4 Å². The summed E-state index contributed by atoms with van der Waals surface area (Å²) in [6.45, 7) is 3.59. The second-order valence-corrected chi connectivity index (χ2v) is 8.97. The molecule has 8 nitrogen and oxygen atoms in total. The summed E-state index contributed by atoms with van der Waals surface area (Å²) in [5.74, 6) is 0.873. The Bertz CT molecular complexity index is 1160. The van der Waals surface area contributed by atoms with Gasteiger partial charge in [0.05, 0.1) is 41.3 Å². The van der Waals surface area contributed by atoms with Gasteiger partial charge in [-0.25, -0.2) is 22.9 Å². The van der Waals surface area contributed by atoms with Gasteiger partial charge < -0.3 is 9.15 Å². The number of fused-ring (bicyclic) bond motifs is 1. The van der Waals surface area contributed by atoms with Gasteiger partial charge in [0.25, 0.3) is 0 Å². The number of sulfone groups is 1. The molecule has 0 aliphatic carbocycles. The lowest BCUT2D eigenvalue weighted by atomic mass is 10.1. The van der Waals surface area contributed by atoms with Crippen molar-refractivity contribution >= 4 is 26.8 Å². The molecule has 0 N–H and O–H groups in total. The van der Waals surface area contributed by atoms with E-state index in [0.717, 1.165) is 5.76 Å². The van der Waals surface area contributed by atoms with E-state index >= 15 is 0 Å². The van der Waals surface area contributed by atoms with Crippen LogP contribution in [0.25, 0.3) is 22.5 Å². The van der Waals surface area contributed by atoms with Crippen molar-refractivity contribution in [3.63, 3.8) is 0 Å². The van der Waals surface area contributed by atoms with E-state index in [1.165, 1.54) is 7.11 Å². The van der Waals surface area contributed by atoms with Crippen LogP contribution < -0.4 is 0 Å². The van der Waals surface area contributed by atoms with E-state index in [1.807, 2.05) is 13.0 Å². The lowest BCUT2D eigenvalue weighted by molar-refractivity contribution is 0.0603. The highest BCUT2D eigenvalue weighted by atomic mass is 32.2. The molecule has 0 amide bonds. The lowest BCUT2D eigenvalue weighted by Crippen LogP contribution is -2.13. The molecule has 9 heteroatoms. The molecule has 4 rings (SSSR count). The van der Waals surface area contributed by atoms with Crippen LogP contribution >= 0.6 is 0 Å². The molecule has 1 atom stereocenters. The predicted octanol–water partition coefficient (Wildman–Crippen LogP) is 2.45. The molecule has 0 saturated carbocycles. The average Bonchev–Trinajstić information content (AvgIpc) is 3.31. The molecule has 142 valence electrons. The number of ether oxygens (including phenoxy) is 1. The minimum Gasteiger partial charge on any atom is -0.465 e. The van der Waals surface area contributed by atoms with Gasteiger partial charge in [0.1, 0.15) is 11.5 Å². The zero-order valence-corrected chi connectivity index (χ0v) is 16.0. The maximum absolute atomic E-state index is 12.4. The first-order chi connectivity index (χ1) is 12.8. The molecule has 0 aromatic carbocycles. The molecule has 0 radical (unpaired) electrons. The highest BCUT2D eigenvalue weighted by Gasteiger charge is 2.32. The zero-order valence-electron chi connectivity index (χ0n) is 15.2. The van der Waals surface area contributed by atoms with Crippen LogP contribution in [-0.2, 0) is 14.6 Å². The molecule has 3 aromatic heterocycles. The number of aromatic nitrogens is 3. The van der Waals surface area contributed by atoms with Crippen molar-refractivity contribution in [2.45, 2.75) is 26.3 Å². The number of nitrogens with zero attached hydrogens (tertiary/aromatic N) is 3. The molecule has 0 unspecified atom stereocenters. The number of furan rings is 1. The summed E-state index contributed by atoms with van der Waals surface area (Å²) in [5.41, 5.74) is 1.86. The smallest absolute Gasteiger partial charge is 0.338 e. The van der Waals surface area contributed by atoms with Crippen molar-refractivity contribution in [1.29, 1.82) is 0 Å². The van der Waals surface area contributed by atoms with E-state index in [4.69, 9.17) is 9.15 Å². The third-order valence-corrected chi connectivity index (χ3v) is 6.54. The first kappa shape index (κ1) is 17.7. The van der Waals surface area contributed by atoms with E-state index in [0.29, 0.717) is 40.2 Å². The standard InChI is InChI=1S/C18H19N3O5S/c1-10-4-5-15(26-10)14-8-13(18(22)25-3)16-11(2)20-21(17(16)19-14)12-6-7-27(23,24)9-12/h4-5,8,12H,6-7,9H2,1-3H3/t12-/m1/s1. The third-order valence-electron chi connectivity index (χ3n) is 4.79. The number of aryl methyl sites for hydroxylation is 2. The van der Waals surface area contributed by atoms with Crippen LogP contribution in [0.3, 0.4) is 0 Å². The quantitative estimate of drug-likeness (QED) is 0.634. The topological polar surface area (TPSA) is 104 Å². The van der Waals surface area contributed by atoms with Crippen molar-refractivity contribution in [3.8, 4) is 11.5 Å². The van der Waals surface area contributed by atoms with E-state index in [9.17, 15) is 13.2 Å². The molecular weight excluding hydrogens is 370 g/mol. The molecular formula is C18H19N3O5S. The van der Waals surface area contributed by atoms with E-state index in [-0.39, 0.29) is 17.5 Å². The van der Waals surface area contributed by atoms with Gasteiger partial charge in [0.15, 0.2) is 21.2 Å². The number of carbonyl (C=O) groups excluding carboxylic acids is 1. The van der Waals surface area contributed by atoms with Crippen molar-refractivity contribution in [2.75, 3.05) is 18.6 Å². The highest BCUT2D eigenvalue weighted by molar-refractivity contribution is 7.91. The second-order valence-electron chi connectivity index (χ2n) is 6.74. The SMILES string of the molecule is COC(=O)c1cc(-c2ccc(C)o2)nc2c1c(C)nn2[C@@H]1CCS(=O)(=O)C1. The summed E-state index contributed by atoms with van der Waals surface area (Å²) in [4.78, 5) is 17.0. The molecule has 3 aromatic rings. The maximum Gasteiger partial charge on any atom is 0.338 e. The van der Waals surface area contributed by atoms with Gasteiger partial charge >= 0.3 is 5.97 Å². The minimum absolute atomic E-state index is 0.0164. The highest BCUT2D eigenvalue weighted by Crippen LogP contribution is 2.32. The Kier molecular flexibility index (Phi) is 4.06. The summed E-state index contributed by atoms with van der Waals surface area (Å²) in [7, 11) is -1.78.